The Labute approximate surface area is 208 Å². The van der Waals surface area contributed by atoms with Crippen LogP contribution >= 0.6 is 0 Å². The standard InChI is InChI=1S/C26H35N5O3S/c1-28(2)35(33,34)22-12-13-24-23(18-22)27-25(30(24)4)14-15-26(32)29(3)19-20-8-10-21(11-9-20)31-16-6-5-7-17-31/h8-13,18H,5-7,14-17,19H2,1-4H3. The van der Waals surface area contributed by atoms with Crippen LogP contribution in [0.3, 0.4) is 0 Å². The molecule has 1 saturated heterocycles. The van der Waals surface area contributed by atoms with Crippen molar-refractivity contribution in [1.29, 1.82) is 0 Å². The molecule has 0 radical (unpaired) electrons. The third-order valence-electron chi connectivity index (χ3n) is 6.79. The summed E-state index contributed by atoms with van der Waals surface area (Å²) in [5, 5.41) is 0. The zero-order valence-corrected chi connectivity index (χ0v) is 21.9. The van der Waals surface area contributed by atoms with E-state index in [1.807, 2.05) is 18.7 Å². The van der Waals surface area contributed by atoms with Gasteiger partial charge in [0.05, 0.1) is 15.9 Å². The first kappa shape index (κ1) is 25.2. The predicted molar refractivity (Wildman–Crippen MR) is 139 cm³/mol. The number of piperidine rings is 1. The fraction of sp³-hybridized carbons (Fsp3) is 0.462. The first-order valence-corrected chi connectivity index (χ1v) is 13.6. The van der Waals surface area contributed by atoms with E-state index in [9.17, 15) is 13.2 Å². The molecule has 0 saturated carbocycles. The highest BCUT2D eigenvalue weighted by Crippen LogP contribution is 2.23. The normalized spacial score (nSPS) is 14.6. The minimum atomic E-state index is -3.53. The van der Waals surface area contributed by atoms with Gasteiger partial charge in [-0.25, -0.2) is 17.7 Å². The summed E-state index contributed by atoms with van der Waals surface area (Å²) in [6.07, 6.45) is 4.64. The smallest absolute Gasteiger partial charge is 0.242 e. The van der Waals surface area contributed by atoms with Crippen LogP contribution in [-0.2, 0) is 34.8 Å². The molecule has 188 valence electrons. The number of carbonyl (C=O) groups is 1. The number of hydrogen-bond donors (Lipinski definition) is 0. The summed E-state index contributed by atoms with van der Waals surface area (Å²) in [5.74, 6) is 0.806. The third kappa shape index (κ3) is 5.51. The number of aryl methyl sites for hydroxylation is 2. The summed E-state index contributed by atoms with van der Waals surface area (Å²) >= 11 is 0. The van der Waals surface area contributed by atoms with Gasteiger partial charge in [0.25, 0.3) is 0 Å². The maximum atomic E-state index is 12.8. The van der Waals surface area contributed by atoms with Crippen LogP contribution in [0.2, 0.25) is 0 Å². The molecule has 0 N–H and O–H groups in total. The molecule has 1 aliphatic heterocycles. The van der Waals surface area contributed by atoms with Crippen LogP contribution in [0.5, 0.6) is 0 Å². The molecule has 2 aromatic carbocycles. The summed E-state index contributed by atoms with van der Waals surface area (Å²) < 4.78 is 28.0. The molecular weight excluding hydrogens is 462 g/mol. The van der Waals surface area contributed by atoms with Crippen molar-refractivity contribution in [2.45, 2.75) is 43.5 Å². The molecule has 35 heavy (non-hydrogen) atoms. The number of carbonyl (C=O) groups excluding carboxylic acids is 1. The molecule has 0 bridgehead atoms. The second-order valence-corrected chi connectivity index (χ2v) is 11.6. The number of amides is 1. The number of fused-ring (bicyclic) bond motifs is 1. The monoisotopic (exact) mass is 497 g/mol. The number of aromatic nitrogens is 2. The Morgan fingerprint density at radius 2 is 1.69 bits per heavy atom. The van der Waals surface area contributed by atoms with Crippen LogP contribution in [0.1, 0.15) is 37.1 Å². The van der Waals surface area contributed by atoms with Crippen LogP contribution in [0, 0.1) is 0 Å². The van der Waals surface area contributed by atoms with Gasteiger partial charge in [-0.15, -0.1) is 0 Å². The van der Waals surface area contributed by atoms with Crippen molar-refractivity contribution in [2.75, 3.05) is 39.1 Å². The Kier molecular flexibility index (Phi) is 7.47. The largest absolute Gasteiger partial charge is 0.372 e. The predicted octanol–water partition coefficient (Wildman–Crippen LogP) is 3.41. The van der Waals surface area contributed by atoms with Gasteiger partial charge in [-0.3, -0.25) is 4.79 Å². The van der Waals surface area contributed by atoms with Gasteiger partial charge in [0.15, 0.2) is 0 Å². The topological polar surface area (TPSA) is 78.8 Å². The molecule has 3 aromatic rings. The minimum absolute atomic E-state index is 0.0491. The summed E-state index contributed by atoms with van der Waals surface area (Å²) in [6.45, 7) is 2.80. The van der Waals surface area contributed by atoms with Crippen molar-refractivity contribution in [2.24, 2.45) is 7.05 Å². The molecule has 1 amide bonds. The van der Waals surface area contributed by atoms with Crippen molar-refractivity contribution in [1.82, 2.24) is 18.8 Å². The molecule has 0 aliphatic carbocycles. The van der Waals surface area contributed by atoms with Crippen LogP contribution in [-0.4, -0.2) is 67.3 Å². The third-order valence-corrected chi connectivity index (χ3v) is 8.60. The number of rotatable bonds is 8. The minimum Gasteiger partial charge on any atom is -0.372 e. The first-order chi connectivity index (χ1) is 16.7. The summed E-state index contributed by atoms with van der Waals surface area (Å²) in [7, 11) is 3.21. The molecule has 0 unspecified atom stereocenters. The second-order valence-electron chi connectivity index (χ2n) is 9.49. The molecule has 2 heterocycles. The molecule has 0 spiro atoms. The van der Waals surface area contributed by atoms with E-state index in [2.05, 4.69) is 34.1 Å². The van der Waals surface area contributed by atoms with E-state index in [1.165, 1.54) is 43.4 Å². The average molecular weight is 498 g/mol. The van der Waals surface area contributed by atoms with Crippen LogP contribution in [0.25, 0.3) is 11.0 Å². The Morgan fingerprint density at radius 1 is 1.00 bits per heavy atom. The highest BCUT2D eigenvalue weighted by atomic mass is 32.2. The fourth-order valence-corrected chi connectivity index (χ4v) is 5.48. The highest BCUT2D eigenvalue weighted by molar-refractivity contribution is 7.89. The van der Waals surface area contributed by atoms with Crippen molar-refractivity contribution in [3.05, 3.63) is 53.9 Å². The average Bonchev–Trinajstić information content (AvgIpc) is 3.18. The maximum Gasteiger partial charge on any atom is 0.242 e. The summed E-state index contributed by atoms with van der Waals surface area (Å²) in [6, 6.07) is 13.5. The second kappa shape index (κ2) is 10.4. The maximum absolute atomic E-state index is 12.8. The van der Waals surface area contributed by atoms with E-state index in [1.54, 1.807) is 23.1 Å². The quantitative estimate of drug-likeness (QED) is 0.477. The summed E-state index contributed by atoms with van der Waals surface area (Å²) in [4.78, 5) is 21.8. The molecule has 9 heteroatoms. The highest BCUT2D eigenvalue weighted by Gasteiger charge is 2.20. The fourth-order valence-electron chi connectivity index (χ4n) is 4.56. The van der Waals surface area contributed by atoms with Crippen LogP contribution in [0.15, 0.2) is 47.4 Å². The molecule has 0 atom stereocenters. The lowest BCUT2D eigenvalue weighted by Crippen LogP contribution is -2.29. The van der Waals surface area contributed by atoms with Gasteiger partial charge < -0.3 is 14.4 Å². The number of imidazole rings is 1. The number of sulfonamides is 1. The van der Waals surface area contributed by atoms with Gasteiger partial charge in [0, 0.05) is 66.4 Å². The van der Waals surface area contributed by atoms with Crippen LogP contribution < -0.4 is 4.90 Å². The Bertz CT molecular complexity index is 1290. The first-order valence-electron chi connectivity index (χ1n) is 12.1. The van der Waals surface area contributed by atoms with Gasteiger partial charge in [0.2, 0.25) is 15.9 Å². The molecule has 1 aliphatic rings. The number of benzene rings is 2. The Morgan fingerprint density at radius 3 is 2.34 bits per heavy atom. The lowest BCUT2D eigenvalue weighted by atomic mass is 10.1. The van der Waals surface area contributed by atoms with E-state index < -0.39 is 10.0 Å². The Hall–Kier alpha value is -2.91. The van der Waals surface area contributed by atoms with E-state index in [-0.39, 0.29) is 10.8 Å². The van der Waals surface area contributed by atoms with Gasteiger partial charge in [0.1, 0.15) is 5.82 Å². The van der Waals surface area contributed by atoms with E-state index >= 15 is 0 Å². The number of nitrogens with zero attached hydrogens (tertiary/aromatic N) is 5. The lowest BCUT2D eigenvalue weighted by Gasteiger charge is -2.29. The molecular formula is C26H35N5O3S. The van der Waals surface area contributed by atoms with Crippen molar-refractivity contribution < 1.29 is 13.2 Å². The molecule has 1 fully saturated rings. The zero-order valence-electron chi connectivity index (χ0n) is 21.1. The van der Waals surface area contributed by atoms with Crippen molar-refractivity contribution >= 4 is 32.7 Å². The SMILES string of the molecule is CN(Cc1ccc(N2CCCCC2)cc1)C(=O)CCc1nc2cc(S(=O)(=O)N(C)C)ccc2n1C. The molecule has 4 rings (SSSR count). The van der Waals surface area contributed by atoms with Gasteiger partial charge in [-0.05, 0) is 55.2 Å². The number of anilines is 1. The van der Waals surface area contributed by atoms with Crippen LogP contribution in [0.4, 0.5) is 5.69 Å². The Balaban J connectivity index is 1.37. The van der Waals surface area contributed by atoms with Gasteiger partial charge in [-0.2, -0.15) is 0 Å². The van der Waals surface area contributed by atoms with Crippen molar-refractivity contribution in [3.8, 4) is 0 Å². The lowest BCUT2D eigenvalue weighted by molar-refractivity contribution is -0.130. The van der Waals surface area contributed by atoms with E-state index in [4.69, 9.17) is 0 Å². The van der Waals surface area contributed by atoms with Crippen molar-refractivity contribution in [3.63, 3.8) is 0 Å². The van der Waals surface area contributed by atoms with E-state index in [0.717, 1.165) is 30.0 Å². The van der Waals surface area contributed by atoms with Gasteiger partial charge in [-0.1, -0.05) is 12.1 Å². The summed E-state index contributed by atoms with van der Waals surface area (Å²) in [5.41, 5.74) is 3.82. The zero-order chi connectivity index (χ0) is 25.2. The number of hydrogen-bond acceptors (Lipinski definition) is 5. The molecule has 1 aromatic heterocycles. The van der Waals surface area contributed by atoms with Gasteiger partial charge >= 0.3 is 0 Å². The van der Waals surface area contributed by atoms with E-state index in [0.29, 0.717) is 24.9 Å². The molecule has 8 nitrogen and oxygen atoms in total.